The number of benzene rings is 1. The molecule has 0 unspecified atom stereocenters. The van der Waals surface area contributed by atoms with Crippen LogP contribution in [0.15, 0.2) is 24.3 Å². The highest BCUT2D eigenvalue weighted by molar-refractivity contribution is 7.89. The van der Waals surface area contributed by atoms with Gasteiger partial charge in [-0.2, -0.15) is 0 Å². The van der Waals surface area contributed by atoms with E-state index in [-0.39, 0.29) is 24.6 Å². The SMILES string of the molecule is COC(=O)CCCS(=O)(=O)N[C@@H](C)c1cccc(Cl)c1. The Labute approximate surface area is 124 Å². The molecule has 0 amide bonds. The van der Waals surface area contributed by atoms with Crippen molar-refractivity contribution >= 4 is 27.6 Å². The van der Waals surface area contributed by atoms with Gasteiger partial charge in [0.1, 0.15) is 0 Å². The molecule has 0 aliphatic heterocycles. The van der Waals surface area contributed by atoms with E-state index in [1.165, 1.54) is 7.11 Å². The van der Waals surface area contributed by atoms with Crippen molar-refractivity contribution in [3.8, 4) is 0 Å². The van der Waals surface area contributed by atoms with E-state index >= 15 is 0 Å². The fraction of sp³-hybridized carbons (Fsp3) is 0.462. The molecule has 1 N–H and O–H groups in total. The summed E-state index contributed by atoms with van der Waals surface area (Å²) in [5, 5.41) is 0.555. The quantitative estimate of drug-likeness (QED) is 0.783. The Balaban J connectivity index is 2.55. The zero-order valence-corrected chi connectivity index (χ0v) is 13.0. The number of hydrogen-bond donors (Lipinski definition) is 1. The van der Waals surface area contributed by atoms with E-state index < -0.39 is 16.0 Å². The first-order valence-corrected chi connectivity index (χ1v) is 8.19. The van der Waals surface area contributed by atoms with Gasteiger partial charge in [0, 0.05) is 17.5 Å². The average Bonchev–Trinajstić information content (AvgIpc) is 2.37. The first-order valence-electron chi connectivity index (χ1n) is 6.16. The second kappa shape index (κ2) is 7.61. The lowest BCUT2D eigenvalue weighted by Crippen LogP contribution is -2.29. The van der Waals surface area contributed by atoms with Crippen LogP contribution in [0.2, 0.25) is 5.02 Å². The summed E-state index contributed by atoms with van der Waals surface area (Å²) in [5.74, 6) is -0.532. The summed E-state index contributed by atoms with van der Waals surface area (Å²) < 4.78 is 30.8. The molecule has 112 valence electrons. The predicted molar refractivity (Wildman–Crippen MR) is 78.0 cm³/mol. The molecular weight excluding hydrogens is 302 g/mol. The normalized spacial score (nSPS) is 12.9. The molecule has 0 spiro atoms. The first kappa shape index (κ1) is 16.9. The zero-order valence-electron chi connectivity index (χ0n) is 11.4. The number of sulfonamides is 1. The van der Waals surface area contributed by atoms with Crippen molar-refractivity contribution in [3.05, 3.63) is 34.9 Å². The summed E-state index contributed by atoms with van der Waals surface area (Å²) in [5.41, 5.74) is 0.786. The standard InChI is InChI=1S/C13H18ClNO4S/c1-10(11-5-3-6-12(14)9-11)15-20(17,18)8-4-7-13(16)19-2/h3,5-6,9-10,15H,4,7-8H2,1-2H3/t10-/m0/s1. The Morgan fingerprint density at radius 3 is 2.75 bits per heavy atom. The predicted octanol–water partition coefficient (Wildman–Crippen LogP) is 2.27. The maximum Gasteiger partial charge on any atom is 0.305 e. The third-order valence-electron chi connectivity index (χ3n) is 2.73. The molecule has 1 aromatic carbocycles. The Morgan fingerprint density at radius 1 is 1.45 bits per heavy atom. The number of halogens is 1. The number of rotatable bonds is 7. The van der Waals surface area contributed by atoms with Crippen LogP contribution in [0, 0.1) is 0 Å². The highest BCUT2D eigenvalue weighted by Gasteiger charge is 2.16. The third kappa shape index (κ3) is 5.90. The van der Waals surface area contributed by atoms with Gasteiger partial charge in [-0.3, -0.25) is 4.79 Å². The Kier molecular flexibility index (Phi) is 6.45. The minimum atomic E-state index is -3.45. The Bertz CT molecular complexity index is 559. The van der Waals surface area contributed by atoms with Crippen molar-refractivity contribution in [2.75, 3.05) is 12.9 Å². The number of ether oxygens (including phenoxy) is 1. The molecule has 0 saturated carbocycles. The highest BCUT2D eigenvalue weighted by Crippen LogP contribution is 2.18. The van der Waals surface area contributed by atoms with E-state index in [9.17, 15) is 13.2 Å². The summed E-state index contributed by atoms with van der Waals surface area (Å²) in [4.78, 5) is 10.9. The molecule has 0 bridgehead atoms. The van der Waals surface area contributed by atoms with Gasteiger partial charge < -0.3 is 4.74 Å². The lowest BCUT2D eigenvalue weighted by molar-refractivity contribution is -0.140. The van der Waals surface area contributed by atoms with Crippen molar-refractivity contribution < 1.29 is 17.9 Å². The van der Waals surface area contributed by atoms with Crippen LogP contribution in [0.5, 0.6) is 0 Å². The van der Waals surface area contributed by atoms with E-state index in [4.69, 9.17) is 11.6 Å². The number of carbonyl (C=O) groups is 1. The van der Waals surface area contributed by atoms with Crippen LogP contribution in [0.3, 0.4) is 0 Å². The van der Waals surface area contributed by atoms with Gasteiger partial charge in [-0.1, -0.05) is 23.7 Å². The summed E-state index contributed by atoms with van der Waals surface area (Å²) in [6.45, 7) is 1.74. The van der Waals surface area contributed by atoms with Crippen molar-refractivity contribution in [1.82, 2.24) is 4.72 Å². The third-order valence-corrected chi connectivity index (χ3v) is 4.50. The van der Waals surface area contributed by atoms with Gasteiger partial charge in [0.2, 0.25) is 10.0 Å². The van der Waals surface area contributed by atoms with Crippen molar-refractivity contribution in [2.45, 2.75) is 25.8 Å². The van der Waals surface area contributed by atoms with Gasteiger partial charge in [0.05, 0.1) is 12.9 Å². The highest BCUT2D eigenvalue weighted by atomic mass is 35.5. The van der Waals surface area contributed by atoms with Crippen molar-refractivity contribution in [3.63, 3.8) is 0 Å². The molecule has 0 aromatic heterocycles. The molecule has 0 radical (unpaired) electrons. The largest absolute Gasteiger partial charge is 0.469 e. The number of methoxy groups -OCH3 is 1. The first-order chi connectivity index (χ1) is 9.34. The fourth-order valence-electron chi connectivity index (χ4n) is 1.68. The average molecular weight is 320 g/mol. The smallest absolute Gasteiger partial charge is 0.305 e. The molecule has 20 heavy (non-hydrogen) atoms. The fourth-order valence-corrected chi connectivity index (χ4v) is 3.20. The molecular formula is C13H18ClNO4S. The molecule has 0 aliphatic rings. The molecule has 1 rings (SSSR count). The monoisotopic (exact) mass is 319 g/mol. The minimum absolute atomic E-state index is 0.0863. The summed E-state index contributed by atoms with van der Waals surface area (Å²) in [7, 11) is -2.17. The maximum atomic E-state index is 11.9. The molecule has 1 atom stereocenters. The van der Waals surface area contributed by atoms with Crippen molar-refractivity contribution in [1.29, 1.82) is 0 Å². The van der Waals surface area contributed by atoms with Gasteiger partial charge >= 0.3 is 5.97 Å². The van der Waals surface area contributed by atoms with E-state index in [0.717, 1.165) is 5.56 Å². The molecule has 0 saturated heterocycles. The molecule has 5 nitrogen and oxygen atoms in total. The van der Waals surface area contributed by atoms with E-state index in [2.05, 4.69) is 9.46 Å². The lowest BCUT2D eigenvalue weighted by Gasteiger charge is -2.14. The van der Waals surface area contributed by atoms with Crippen LogP contribution in [-0.2, 0) is 19.6 Å². The van der Waals surface area contributed by atoms with Crippen molar-refractivity contribution in [2.24, 2.45) is 0 Å². The van der Waals surface area contributed by atoms with E-state index in [1.807, 2.05) is 0 Å². The van der Waals surface area contributed by atoms with Gasteiger partial charge in [0.25, 0.3) is 0 Å². The van der Waals surface area contributed by atoms with Gasteiger partial charge in [0.15, 0.2) is 0 Å². The molecule has 0 fully saturated rings. The van der Waals surface area contributed by atoms with Gasteiger partial charge in [-0.15, -0.1) is 0 Å². The van der Waals surface area contributed by atoms with Gasteiger partial charge in [-0.25, -0.2) is 13.1 Å². The van der Waals surface area contributed by atoms with Crippen LogP contribution >= 0.6 is 11.6 Å². The van der Waals surface area contributed by atoms with Crippen LogP contribution in [-0.4, -0.2) is 27.2 Å². The molecule has 1 aromatic rings. The molecule has 0 heterocycles. The van der Waals surface area contributed by atoms with Crippen LogP contribution in [0.1, 0.15) is 31.4 Å². The van der Waals surface area contributed by atoms with Crippen LogP contribution in [0.25, 0.3) is 0 Å². The molecule has 7 heteroatoms. The minimum Gasteiger partial charge on any atom is -0.469 e. The van der Waals surface area contributed by atoms with E-state index in [0.29, 0.717) is 5.02 Å². The zero-order chi connectivity index (χ0) is 15.2. The molecule has 0 aliphatic carbocycles. The van der Waals surface area contributed by atoms with E-state index in [1.54, 1.807) is 31.2 Å². The lowest BCUT2D eigenvalue weighted by atomic mass is 10.1. The number of hydrogen-bond acceptors (Lipinski definition) is 4. The summed E-state index contributed by atoms with van der Waals surface area (Å²) in [6.07, 6.45) is 0.313. The van der Waals surface area contributed by atoms with Crippen LogP contribution in [0.4, 0.5) is 0 Å². The Hall–Kier alpha value is -1.11. The number of esters is 1. The second-order valence-corrected chi connectivity index (χ2v) is 6.70. The summed E-state index contributed by atoms with van der Waals surface area (Å²) >= 11 is 5.87. The van der Waals surface area contributed by atoms with Crippen LogP contribution < -0.4 is 4.72 Å². The number of nitrogens with one attached hydrogen (secondary N) is 1. The van der Waals surface area contributed by atoms with Gasteiger partial charge in [-0.05, 0) is 31.0 Å². The maximum absolute atomic E-state index is 11.9. The topological polar surface area (TPSA) is 72.5 Å². The Morgan fingerprint density at radius 2 is 2.15 bits per heavy atom. The number of carbonyl (C=O) groups excluding carboxylic acids is 1. The summed E-state index contributed by atoms with van der Waals surface area (Å²) in [6, 6.07) is 6.62. The second-order valence-electron chi connectivity index (χ2n) is 4.39.